The Hall–Kier alpha value is -1.51. The summed E-state index contributed by atoms with van der Waals surface area (Å²) in [6.07, 6.45) is 4.52. The smallest absolute Gasteiger partial charge is 0.260 e. The number of likely N-dealkylation sites (tertiary alicyclic amines) is 1. The molecule has 1 unspecified atom stereocenters. The van der Waals surface area contributed by atoms with Gasteiger partial charge in [-0.05, 0) is 50.3 Å². The maximum atomic E-state index is 12.2. The van der Waals surface area contributed by atoms with Crippen molar-refractivity contribution in [2.75, 3.05) is 13.2 Å². The van der Waals surface area contributed by atoms with E-state index in [1.165, 1.54) is 6.42 Å². The molecule has 1 aliphatic heterocycles. The van der Waals surface area contributed by atoms with E-state index in [-0.39, 0.29) is 12.5 Å². The highest BCUT2D eigenvalue weighted by molar-refractivity contribution is 5.78. The molecule has 1 saturated heterocycles. The van der Waals surface area contributed by atoms with Gasteiger partial charge in [-0.25, -0.2) is 0 Å². The summed E-state index contributed by atoms with van der Waals surface area (Å²) >= 11 is 0. The molecule has 1 heterocycles. The van der Waals surface area contributed by atoms with Gasteiger partial charge in [-0.3, -0.25) is 4.79 Å². The topological polar surface area (TPSA) is 29.5 Å². The Morgan fingerprint density at radius 2 is 2.26 bits per heavy atom. The van der Waals surface area contributed by atoms with E-state index < -0.39 is 0 Å². The summed E-state index contributed by atoms with van der Waals surface area (Å²) in [5, 5.41) is 0. The van der Waals surface area contributed by atoms with Crippen molar-refractivity contribution in [1.82, 2.24) is 4.90 Å². The van der Waals surface area contributed by atoms with Crippen molar-refractivity contribution in [3.63, 3.8) is 0 Å². The standard InChI is InChI=1S/C16H23NO2/c1-3-14-8-4-5-10-17(14)16(18)12-19-15-9-6-7-13(2)11-15/h6-7,9,11,14H,3-5,8,10,12H2,1-2H3. The lowest BCUT2D eigenvalue weighted by Crippen LogP contribution is -2.45. The van der Waals surface area contributed by atoms with Crippen LogP contribution < -0.4 is 4.74 Å². The molecule has 19 heavy (non-hydrogen) atoms. The van der Waals surface area contributed by atoms with Gasteiger partial charge in [-0.2, -0.15) is 0 Å². The highest BCUT2D eigenvalue weighted by Crippen LogP contribution is 2.20. The van der Waals surface area contributed by atoms with E-state index in [9.17, 15) is 4.79 Å². The number of carbonyl (C=O) groups excluding carboxylic acids is 1. The molecule has 2 rings (SSSR count). The van der Waals surface area contributed by atoms with Crippen LogP contribution in [0.4, 0.5) is 0 Å². The second-order valence-electron chi connectivity index (χ2n) is 5.25. The van der Waals surface area contributed by atoms with E-state index >= 15 is 0 Å². The first-order valence-electron chi connectivity index (χ1n) is 7.19. The Morgan fingerprint density at radius 1 is 1.42 bits per heavy atom. The third kappa shape index (κ3) is 3.72. The number of piperidine rings is 1. The minimum Gasteiger partial charge on any atom is -0.484 e. The normalized spacial score (nSPS) is 19.3. The summed E-state index contributed by atoms with van der Waals surface area (Å²) < 4.78 is 5.60. The van der Waals surface area contributed by atoms with Gasteiger partial charge in [0.15, 0.2) is 6.61 Å². The second-order valence-corrected chi connectivity index (χ2v) is 5.25. The Balaban J connectivity index is 1.89. The Morgan fingerprint density at radius 3 is 3.00 bits per heavy atom. The van der Waals surface area contributed by atoms with Crippen LogP contribution in [-0.4, -0.2) is 30.0 Å². The van der Waals surface area contributed by atoms with E-state index in [4.69, 9.17) is 4.74 Å². The van der Waals surface area contributed by atoms with Crippen molar-refractivity contribution in [3.05, 3.63) is 29.8 Å². The van der Waals surface area contributed by atoms with E-state index in [1.54, 1.807) is 0 Å². The summed E-state index contributed by atoms with van der Waals surface area (Å²) in [5.74, 6) is 0.895. The van der Waals surface area contributed by atoms with Gasteiger partial charge in [0.05, 0.1) is 0 Å². The predicted molar refractivity (Wildman–Crippen MR) is 76.3 cm³/mol. The van der Waals surface area contributed by atoms with Crippen LogP contribution >= 0.6 is 0 Å². The highest BCUT2D eigenvalue weighted by atomic mass is 16.5. The van der Waals surface area contributed by atoms with Gasteiger partial charge in [-0.1, -0.05) is 19.1 Å². The number of hydrogen-bond acceptors (Lipinski definition) is 2. The first kappa shape index (κ1) is 13.9. The van der Waals surface area contributed by atoms with Crippen LogP contribution in [-0.2, 0) is 4.79 Å². The van der Waals surface area contributed by atoms with Crippen LogP contribution in [0.15, 0.2) is 24.3 Å². The molecular formula is C16H23NO2. The van der Waals surface area contributed by atoms with E-state index in [0.29, 0.717) is 6.04 Å². The van der Waals surface area contributed by atoms with Gasteiger partial charge in [-0.15, -0.1) is 0 Å². The Labute approximate surface area is 115 Å². The summed E-state index contributed by atoms with van der Waals surface area (Å²) in [7, 11) is 0. The lowest BCUT2D eigenvalue weighted by molar-refractivity contribution is -0.137. The fraction of sp³-hybridized carbons (Fsp3) is 0.562. The highest BCUT2D eigenvalue weighted by Gasteiger charge is 2.25. The fourth-order valence-electron chi connectivity index (χ4n) is 2.69. The summed E-state index contributed by atoms with van der Waals surface area (Å²) in [4.78, 5) is 14.2. The van der Waals surface area contributed by atoms with Gasteiger partial charge in [0, 0.05) is 12.6 Å². The molecule has 0 saturated carbocycles. The largest absolute Gasteiger partial charge is 0.484 e. The van der Waals surface area contributed by atoms with Crippen molar-refractivity contribution in [1.29, 1.82) is 0 Å². The van der Waals surface area contributed by atoms with Crippen LogP contribution in [0, 0.1) is 6.92 Å². The summed E-state index contributed by atoms with van der Waals surface area (Å²) in [6, 6.07) is 8.23. The Kier molecular flexibility index (Phi) is 4.83. The van der Waals surface area contributed by atoms with Crippen LogP contribution in [0.2, 0.25) is 0 Å². The molecule has 1 fully saturated rings. The maximum Gasteiger partial charge on any atom is 0.260 e. The van der Waals surface area contributed by atoms with E-state index in [2.05, 4.69) is 6.92 Å². The number of nitrogens with zero attached hydrogens (tertiary/aromatic N) is 1. The third-order valence-electron chi connectivity index (χ3n) is 3.77. The van der Waals surface area contributed by atoms with Crippen molar-refractivity contribution in [2.24, 2.45) is 0 Å². The minimum absolute atomic E-state index is 0.119. The first-order chi connectivity index (χ1) is 9.20. The van der Waals surface area contributed by atoms with E-state index in [1.807, 2.05) is 36.1 Å². The van der Waals surface area contributed by atoms with Crippen molar-refractivity contribution in [3.8, 4) is 5.75 Å². The van der Waals surface area contributed by atoms with Crippen LogP contribution in [0.25, 0.3) is 0 Å². The van der Waals surface area contributed by atoms with Gasteiger partial charge in [0.25, 0.3) is 5.91 Å². The minimum atomic E-state index is 0.119. The molecule has 0 N–H and O–H groups in total. The average Bonchev–Trinajstić information content (AvgIpc) is 2.45. The van der Waals surface area contributed by atoms with Crippen LogP contribution in [0.1, 0.15) is 38.2 Å². The molecule has 1 aromatic carbocycles. The molecule has 0 aliphatic carbocycles. The van der Waals surface area contributed by atoms with E-state index in [0.717, 1.165) is 37.1 Å². The zero-order valence-electron chi connectivity index (χ0n) is 11.9. The van der Waals surface area contributed by atoms with Gasteiger partial charge in [0.2, 0.25) is 0 Å². The quantitative estimate of drug-likeness (QED) is 0.833. The summed E-state index contributed by atoms with van der Waals surface area (Å²) in [5.41, 5.74) is 1.15. The Bertz CT molecular complexity index is 431. The zero-order valence-corrected chi connectivity index (χ0v) is 11.9. The second kappa shape index (κ2) is 6.60. The predicted octanol–water partition coefficient (Wildman–Crippen LogP) is 3.16. The van der Waals surface area contributed by atoms with Gasteiger partial charge in [0.1, 0.15) is 5.75 Å². The third-order valence-corrected chi connectivity index (χ3v) is 3.77. The molecule has 0 aromatic heterocycles. The lowest BCUT2D eigenvalue weighted by atomic mass is 10.00. The number of carbonyl (C=O) groups is 1. The molecule has 0 spiro atoms. The summed E-state index contributed by atoms with van der Waals surface area (Å²) in [6.45, 7) is 5.21. The molecule has 1 atom stereocenters. The number of rotatable bonds is 4. The molecule has 0 bridgehead atoms. The SMILES string of the molecule is CCC1CCCCN1C(=O)COc1cccc(C)c1. The lowest BCUT2D eigenvalue weighted by Gasteiger charge is -2.35. The molecular weight excluding hydrogens is 238 g/mol. The monoisotopic (exact) mass is 261 g/mol. The number of benzene rings is 1. The fourth-order valence-corrected chi connectivity index (χ4v) is 2.69. The zero-order chi connectivity index (χ0) is 13.7. The first-order valence-corrected chi connectivity index (χ1v) is 7.19. The number of amides is 1. The molecule has 0 radical (unpaired) electrons. The average molecular weight is 261 g/mol. The van der Waals surface area contributed by atoms with Crippen LogP contribution in [0.3, 0.4) is 0 Å². The van der Waals surface area contributed by atoms with Crippen LogP contribution in [0.5, 0.6) is 5.75 Å². The maximum absolute atomic E-state index is 12.2. The molecule has 1 amide bonds. The van der Waals surface area contributed by atoms with Gasteiger partial charge < -0.3 is 9.64 Å². The molecule has 3 heteroatoms. The molecule has 3 nitrogen and oxygen atoms in total. The van der Waals surface area contributed by atoms with Gasteiger partial charge >= 0.3 is 0 Å². The molecule has 104 valence electrons. The number of aryl methyl sites for hydroxylation is 1. The van der Waals surface area contributed by atoms with Crippen molar-refractivity contribution < 1.29 is 9.53 Å². The van der Waals surface area contributed by atoms with Crippen molar-refractivity contribution >= 4 is 5.91 Å². The van der Waals surface area contributed by atoms with Crippen molar-refractivity contribution in [2.45, 2.75) is 45.6 Å². The molecule has 1 aromatic rings. The molecule has 1 aliphatic rings. The number of hydrogen-bond donors (Lipinski definition) is 0. The number of ether oxygens (including phenoxy) is 1.